The van der Waals surface area contributed by atoms with E-state index in [2.05, 4.69) is 17.2 Å². The summed E-state index contributed by atoms with van der Waals surface area (Å²) in [7, 11) is 0. The summed E-state index contributed by atoms with van der Waals surface area (Å²) in [4.78, 5) is 22.6. The molecule has 0 unspecified atom stereocenters. The highest BCUT2D eigenvalue weighted by atomic mass is 16.5. The molecule has 96 valence electrons. The van der Waals surface area contributed by atoms with Gasteiger partial charge in [0.15, 0.2) is 0 Å². The summed E-state index contributed by atoms with van der Waals surface area (Å²) in [5, 5.41) is 4.96. The summed E-state index contributed by atoms with van der Waals surface area (Å²) in [5.74, 6) is -1.30. The smallest absolute Gasteiger partial charge is 0.309 e. The largest absolute Gasteiger partial charge is 0.500 e. The molecule has 2 amide bonds. The lowest BCUT2D eigenvalue weighted by molar-refractivity contribution is -0.139. The van der Waals surface area contributed by atoms with Crippen LogP contribution in [0.5, 0.6) is 0 Å². The number of carbonyl (C=O) groups is 2. The van der Waals surface area contributed by atoms with E-state index >= 15 is 0 Å². The van der Waals surface area contributed by atoms with Gasteiger partial charge in [-0.3, -0.25) is 9.59 Å². The van der Waals surface area contributed by atoms with E-state index in [1.807, 2.05) is 0 Å². The molecule has 0 aromatic carbocycles. The third-order valence-electron chi connectivity index (χ3n) is 2.34. The molecule has 1 fully saturated rings. The van der Waals surface area contributed by atoms with Crippen molar-refractivity contribution in [3.63, 3.8) is 0 Å². The number of hydrogen-bond donors (Lipinski definition) is 2. The third-order valence-corrected chi connectivity index (χ3v) is 2.34. The van der Waals surface area contributed by atoms with E-state index in [0.29, 0.717) is 13.2 Å². The summed E-state index contributed by atoms with van der Waals surface area (Å²) in [6, 6.07) is 0. The lowest BCUT2D eigenvalue weighted by Gasteiger charge is -2.10. The van der Waals surface area contributed by atoms with Crippen molar-refractivity contribution in [2.45, 2.75) is 18.9 Å². The molecule has 0 radical (unpaired) electrons. The summed E-state index contributed by atoms with van der Waals surface area (Å²) in [6.45, 7) is 5.05. The Balaban J connectivity index is 2.08. The standard InChI is InChI=1S/C11H18N2O4/c1-2-16-7-5-12-10(14)11(15)13-8-9-4-3-6-17-9/h2,9H,1,3-8H2,(H,12,14)(H,13,15)/t9-/m0/s1. The minimum Gasteiger partial charge on any atom is -0.500 e. The molecule has 0 saturated carbocycles. The zero-order valence-electron chi connectivity index (χ0n) is 9.74. The maximum atomic E-state index is 11.3. The molecule has 17 heavy (non-hydrogen) atoms. The molecule has 1 saturated heterocycles. The normalized spacial score (nSPS) is 18.5. The van der Waals surface area contributed by atoms with E-state index in [1.165, 1.54) is 6.26 Å². The highest BCUT2D eigenvalue weighted by Gasteiger charge is 2.18. The Hall–Kier alpha value is -1.56. The maximum Gasteiger partial charge on any atom is 0.309 e. The Kier molecular flexibility index (Phi) is 6.09. The van der Waals surface area contributed by atoms with Crippen molar-refractivity contribution >= 4 is 11.8 Å². The molecule has 1 atom stereocenters. The van der Waals surface area contributed by atoms with Crippen molar-refractivity contribution in [2.24, 2.45) is 0 Å². The molecule has 1 aliphatic rings. The van der Waals surface area contributed by atoms with Crippen LogP contribution < -0.4 is 10.6 Å². The third kappa shape index (κ3) is 5.35. The predicted molar refractivity (Wildman–Crippen MR) is 61.1 cm³/mol. The molecule has 1 heterocycles. The van der Waals surface area contributed by atoms with E-state index in [1.54, 1.807) is 0 Å². The van der Waals surface area contributed by atoms with Gasteiger partial charge in [0.2, 0.25) is 0 Å². The molecule has 1 rings (SSSR count). The van der Waals surface area contributed by atoms with Crippen LogP contribution in [0.4, 0.5) is 0 Å². The molecule has 6 heteroatoms. The molecule has 2 N–H and O–H groups in total. The minimum absolute atomic E-state index is 0.0378. The number of ether oxygens (including phenoxy) is 2. The van der Waals surface area contributed by atoms with Crippen LogP contribution in [0, 0.1) is 0 Å². The quantitative estimate of drug-likeness (QED) is 0.376. The van der Waals surface area contributed by atoms with Gasteiger partial charge in [-0.25, -0.2) is 0 Å². The average Bonchev–Trinajstić information content (AvgIpc) is 2.84. The monoisotopic (exact) mass is 242 g/mol. The van der Waals surface area contributed by atoms with Crippen LogP contribution in [0.3, 0.4) is 0 Å². The molecular formula is C11H18N2O4. The number of amides is 2. The Morgan fingerprint density at radius 2 is 2.18 bits per heavy atom. The molecule has 0 spiro atoms. The van der Waals surface area contributed by atoms with Gasteiger partial charge in [-0.05, 0) is 12.8 Å². The summed E-state index contributed by atoms with van der Waals surface area (Å²) in [5.41, 5.74) is 0. The zero-order valence-corrected chi connectivity index (χ0v) is 9.74. The van der Waals surface area contributed by atoms with Crippen molar-refractivity contribution in [1.82, 2.24) is 10.6 Å². The average molecular weight is 242 g/mol. The Labute approximate surface area is 100 Å². The van der Waals surface area contributed by atoms with Gasteiger partial charge in [0.25, 0.3) is 0 Å². The predicted octanol–water partition coefficient (Wildman–Crippen LogP) is -0.442. The van der Waals surface area contributed by atoms with Crippen molar-refractivity contribution < 1.29 is 19.1 Å². The first-order valence-corrected chi connectivity index (χ1v) is 5.64. The van der Waals surface area contributed by atoms with Gasteiger partial charge in [0.1, 0.15) is 6.61 Å². The second-order valence-corrected chi connectivity index (χ2v) is 3.64. The number of nitrogens with one attached hydrogen (secondary N) is 2. The highest BCUT2D eigenvalue weighted by Crippen LogP contribution is 2.10. The second-order valence-electron chi connectivity index (χ2n) is 3.64. The van der Waals surface area contributed by atoms with Gasteiger partial charge in [-0.2, -0.15) is 0 Å². The van der Waals surface area contributed by atoms with Crippen LogP contribution in [-0.4, -0.2) is 44.2 Å². The maximum absolute atomic E-state index is 11.3. The fourth-order valence-corrected chi connectivity index (χ4v) is 1.48. The van der Waals surface area contributed by atoms with Crippen LogP contribution in [-0.2, 0) is 19.1 Å². The van der Waals surface area contributed by atoms with Gasteiger partial charge >= 0.3 is 11.8 Å². The zero-order chi connectivity index (χ0) is 12.5. The Bertz CT molecular complexity index is 275. The Morgan fingerprint density at radius 3 is 2.82 bits per heavy atom. The van der Waals surface area contributed by atoms with Gasteiger partial charge in [0.05, 0.1) is 18.9 Å². The Morgan fingerprint density at radius 1 is 1.41 bits per heavy atom. The first-order chi connectivity index (χ1) is 8.24. The number of rotatable bonds is 6. The van der Waals surface area contributed by atoms with Crippen molar-refractivity contribution in [3.05, 3.63) is 12.8 Å². The van der Waals surface area contributed by atoms with Crippen molar-refractivity contribution in [3.8, 4) is 0 Å². The van der Waals surface area contributed by atoms with Crippen molar-refractivity contribution in [1.29, 1.82) is 0 Å². The summed E-state index contributed by atoms with van der Waals surface area (Å²) >= 11 is 0. The van der Waals surface area contributed by atoms with Gasteiger partial charge in [-0.15, -0.1) is 0 Å². The SMILES string of the molecule is C=COCCNC(=O)C(=O)NC[C@@H]1CCCO1. The number of hydrogen-bond acceptors (Lipinski definition) is 4. The molecular weight excluding hydrogens is 224 g/mol. The molecule has 0 aromatic heterocycles. The fourth-order valence-electron chi connectivity index (χ4n) is 1.48. The van der Waals surface area contributed by atoms with E-state index in [0.717, 1.165) is 19.4 Å². The van der Waals surface area contributed by atoms with Gasteiger partial charge in [-0.1, -0.05) is 6.58 Å². The summed E-state index contributed by atoms with van der Waals surface area (Å²) in [6.07, 6.45) is 3.25. The van der Waals surface area contributed by atoms with Crippen molar-refractivity contribution in [2.75, 3.05) is 26.3 Å². The fraction of sp³-hybridized carbons (Fsp3) is 0.636. The molecule has 0 aromatic rings. The van der Waals surface area contributed by atoms with Gasteiger partial charge in [0, 0.05) is 13.2 Å². The minimum atomic E-state index is -0.657. The lowest BCUT2D eigenvalue weighted by atomic mass is 10.2. The van der Waals surface area contributed by atoms with Crippen LogP contribution in [0.1, 0.15) is 12.8 Å². The van der Waals surface area contributed by atoms with Gasteiger partial charge < -0.3 is 20.1 Å². The lowest BCUT2D eigenvalue weighted by Crippen LogP contribution is -2.43. The summed E-state index contributed by atoms with van der Waals surface area (Å²) < 4.78 is 10.1. The van der Waals surface area contributed by atoms with E-state index in [4.69, 9.17) is 9.47 Å². The highest BCUT2D eigenvalue weighted by molar-refractivity contribution is 6.35. The van der Waals surface area contributed by atoms with Crippen LogP contribution in [0.25, 0.3) is 0 Å². The first-order valence-electron chi connectivity index (χ1n) is 5.64. The van der Waals surface area contributed by atoms with Crippen LogP contribution >= 0.6 is 0 Å². The molecule has 0 aliphatic carbocycles. The molecule has 6 nitrogen and oxygen atoms in total. The van der Waals surface area contributed by atoms with E-state index < -0.39 is 11.8 Å². The second kappa shape index (κ2) is 7.67. The molecule has 1 aliphatic heterocycles. The van der Waals surface area contributed by atoms with Crippen LogP contribution in [0.2, 0.25) is 0 Å². The molecule has 0 bridgehead atoms. The topological polar surface area (TPSA) is 76.7 Å². The van der Waals surface area contributed by atoms with Crippen LogP contribution in [0.15, 0.2) is 12.8 Å². The number of carbonyl (C=O) groups excluding carboxylic acids is 2. The van der Waals surface area contributed by atoms with E-state index in [-0.39, 0.29) is 12.6 Å². The van der Waals surface area contributed by atoms with E-state index in [9.17, 15) is 9.59 Å². The first kappa shape index (κ1) is 13.5.